The third-order valence-electron chi connectivity index (χ3n) is 2.65. The lowest BCUT2D eigenvalue weighted by Crippen LogP contribution is -2.24. The zero-order valence-corrected chi connectivity index (χ0v) is 13.6. The molecule has 0 amide bonds. The van der Waals surface area contributed by atoms with Crippen molar-refractivity contribution in [2.24, 2.45) is 0 Å². The zero-order chi connectivity index (χ0) is 14.8. The van der Waals surface area contributed by atoms with Crippen molar-refractivity contribution in [2.45, 2.75) is 18.4 Å². The Hall–Kier alpha value is -1.02. The SMILES string of the molecule is Cc1cnccc1CNS(=O)(=O)c1cc(Br)cnc1Cl. The van der Waals surface area contributed by atoms with E-state index in [2.05, 4.69) is 30.6 Å². The Morgan fingerprint density at radius 1 is 1.40 bits per heavy atom. The molecule has 106 valence electrons. The quantitative estimate of drug-likeness (QED) is 0.833. The van der Waals surface area contributed by atoms with Gasteiger partial charge in [-0.15, -0.1) is 0 Å². The number of hydrogen-bond acceptors (Lipinski definition) is 4. The molecule has 2 heterocycles. The van der Waals surface area contributed by atoms with Crippen LogP contribution in [-0.2, 0) is 16.6 Å². The topological polar surface area (TPSA) is 72.0 Å². The van der Waals surface area contributed by atoms with Crippen LogP contribution >= 0.6 is 27.5 Å². The van der Waals surface area contributed by atoms with Crippen LogP contribution in [0.4, 0.5) is 0 Å². The molecular weight excluding hydrogens is 366 g/mol. The fourth-order valence-corrected chi connectivity index (χ4v) is 3.49. The van der Waals surface area contributed by atoms with E-state index < -0.39 is 10.0 Å². The van der Waals surface area contributed by atoms with Crippen molar-refractivity contribution in [3.8, 4) is 0 Å². The third-order valence-corrected chi connectivity index (χ3v) is 4.91. The normalized spacial score (nSPS) is 11.6. The first kappa shape index (κ1) is 15.4. The molecule has 0 spiro atoms. The smallest absolute Gasteiger partial charge is 0.243 e. The van der Waals surface area contributed by atoms with Crippen molar-refractivity contribution in [2.75, 3.05) is 0 Å². The monoisotopic (exact) mass is 375 g/mol. The average molecular weight is 377 g/mol. The van der Waals surface area contributed by atoms with Crippen molar-refractivity contribution < 1.29 is 8.42 Å². The summed E-state index contributed by atoms with van der Waals surface area (Å²) in [4.78, 5) is 7.71. The Kier molecular flexibility index (Phi) is 4.74. The van der Waals surface area contributed by atoms with Gasteiger partial charge in [-0.05, 0) is 46.1 Å². The first-order chi connectivity index (χ1) is 9.40. The summed E-state index contributed by atoms with van der Waals surface area (Å²) >= 11 is 9.01. The van der Waals surface area contributed by atoms with Crippen molar-refractivity contribution in [1.82, 2.24) is 14.7 Å². The molecule has 0 aliphatic rings. The summed E-state index contributed by atoms with van der Waals surface area (Å²) in [5, 5.41) is -0.0628. The van der Waals surface area contributed by atoms with Gasteiger partial charge in [-0.1, -0.05) is 11.6 Å². The Balaban J connectivity index is 2.24. The lowest BCUT2D eigenvalue weighted by atomic mass is 10.2. The Bertz CT molecular complexity index is 737. The second-order valence-corrected chi connectivity index (χ2v) is 7.08. The molecule has 2 rings (SSSR count). The van der Waals surface area contributed by atoms with E-state index in [-0.39, 0.29) is 16.6 Å². The van der Waals surface area contributed by atoms with Gasteiger partial charge in [0.1, 0.15) is 10.0 Å². The molecule has 0 fully saturated rings. The van der Waals surface area contributed by atoms with Crippen molar-refractivity contribution in [3.05, 3.63) is 51.5 Å². The van der Waals surface area contributed by atoms with Gasteiger partial charge < -0.3 is 0 Å². The van der Waals surface area contributed by atoms with Crippen LogP contribution in [0.15, 0.2) is 40.1 Å². The molecule has 8 heteroatoms. The average Bonchev–Trinajstić information content (AvgIpc) is 2.40. The number of aryl methyl sites for hydroxylation is 1. The number of sulfonamides is 1. The first-order valence-corrected chi connectivity index (χ1v) is 8.26. The van der Waals surface area contributed by atoms with Gasteiger partial charge in [-0.25, -0.2) is 18.1 Å². The maximum absolute atomic E-state index is 12.2. The molecular formula is C12H11BrClN3O2S. The summed E-state index contributed by atoms with van der Waals surface area (Å²) in [6.45, 7) is 2.03. The number of rotatable bonds is 4. The molecule has 0 radical (unpaired) electrons. The zero-order valence-electron chi connectivity index (χ0n) is 10.5. The van der Waals surface area contributed by atoms with Gasteiger partial charge in [0.25, 0.3) is 0 Å². The maximum atomic E-state index is 12.2. The fraction of sp³-hybridized carbons (Fsp3) is 0.167. The van der Waals surface area contributed by atoms with Gasteiger partial charge in [-0.3, -0.25) is 4.98 Å². The second kappa shape index (κ2) is 6.17. The first-order valence-electron chi connectivity index (χ1n) is 5.60. The molecule has 0 aromatic carbocycles. The molecule has 0 saturated carbocycles. The van der Waals surface area contributed by atoms with Crippen molar-refractivity contribution in [3.63, 3.8) is 0 Å². The van der Waals surface area contributed by atoms with E-state index in [1.54, 1.807) is 18.5 Å². The van der Waals surface area contributed by atoms with Crippen LogP contribution < -0.4 is 4.72 Å². The molecule has 2 aromatic heterocycles. The van der Waals surface area contributed by atoms with Crippen LogP contribution in [0.3, 0.4) is 0 Å². The lowest BCUT2D eigenvalue weighted by molar-refractivity contribution is 0.580. The molecule has 0 saturated heterocycles. The highest BCUT2D eigenvalue weighted by atomic mass is 79.9. The third kappa shape index (κ3) is 3.54. The molecule has 1 N–H and O–H groups in total. The molecule has 20 heavy (non-hydrogen) atoms. The van der Waals surface area contributed by atoms with Gasteiger partial charge in [0, 0.05) is 29.6 Å². The van der Waals surface area contributed by atoms with E-state index in [1.165, 1.54) is 12.3 Å². The van der Waals surface area contributed by atoms with Gasteiger partial charge in [0.05, 0.1) is 0 Å². The van der Waals surface area contributed by atoms with Crippen LogP contribution in [0.2, 0.25) is 5.15 Å². The molecule has 0 bridgehead atoms. The summed E-state index contributed by atoms with van der Waals surface area (Å²) in [6, 6.07) is 3.18. The van der Waals surface area contributed by atoms with E-state index >= 15 is 0 Å². The number of pyridine rings is 2. The molecule has 0 unspecified atom stereocenters. The van der Waals surface area contributed by atoms with Gasteiger partial charge in [0.2, 0.25) is 10.0 Å². The maximum Gasteiger partial charge on any atom is 0.243 e. The van der Waals surface area contributed by atoms with E-state index in [1.807, 2.05) is 6.92 Å². The summed E-state index contributed by atoms with van der Waals surface area (Å²) < 4.78 is 27.5. The number of nitrogens with one attached hydrogen (secondary N) is 1. The van der Waals surface area contributed by atoms with Gasteiger partial charge in [-0.2, -0.15) is 0 Å². The minimum absolute atomic E-state index is 0.0553. The Labute approximate surface area is 130 Å². The molecule has 0 aliphatic heterocycles. The minimum atomic E-state index is -3.72. The largest absolute Gasteiger partial charge is 0.264 e. The highest BCUT2D eigenvalue weighted by Crippen LogP contribution is 2.22. The minimum Gasteiger partial charge on any atom is -0.264 e. The van der Waals surface area contributed by atoms with Gasteiger partial charge in [0.15, 0.2) is 0 Å². The summed E-state index contributed by atoms with van der Waals surface area (Å²) in [5.74, 6) is 0. The van der Waals surface area contributed by atoms with E-state index in [4.69, 9.17) is 11.6 Å². The number of hydrogen-bond donors (Lipinski definition) is 1. The highest BCUT2D eigenvalue weighted by molar-refractivity contribution is 9.10. The van der Waals surface area contributed by atoms with Crippen LogP contribution in [-0.4, -0.2) is 18.4 Å². The number of aromatic nitrogens is 2. The molecule has 2 aromatic rings. The number of halogens is 2. The van der Waals surface area contributed by atoms with Crippen LogP contribution in [0.5, 0.6) is 0 Å². The van der Waals surface area contributed by atoms with Crippen molar-refractivity contribution in [1.29, 1.82) is 0 Å². The summed E-state index contributed by atoms with van der Waals surface area (Å²) in [5.41, 5.74) is 1.76. The summed E-state index contributed by atoms with van der Waals surface area (Å²) in [6.07, 6.45) is 4.73. The van der Waals surface area contributed by atoms with E-state index in [9.17, 15) is 8.42 Å². The van der Waals surface area contributed by atoms with Crippen molar-refractivity contribution >= 4 is 37.6 Å². The van der Waals surface area contributed by atoms with E-state index in [0.29, 0.717) is 4.47 Å². The van der Waals surface area contributed by atoms with Crippen LogP contribution in [0.25, 0.3) is 0 Å². The number of nitrogens with zero attached hydrogens (tertiary/aromatic N) is 2. The predicted octanol–water partition coefficient (Wildman–Crippen LogP) is 2.68. The molecule has 0 atom stereocenters. The molecule has 0 aliphatic carbocycles. The second-order valence-electron chi connectivity index (χ2n) is 4.07. The van der Waals surface area contributed by atoms with E-state index in [0.717, 1.165) is 11.1 Å². The van der Waals surface area contributed by atoms with Gasteiger partial charge >= 0.3 is 0 Å². The predicted molar refractivity (Wildman–Crippen MR) is 79.9 cm³/mol. The lowest BCUT2D eigenvalue weighted by Gasteiger charge is -2.09. The fourth-order valence-electron chi connectivity index (χ4n) is 1.54. The van der Waals surface area contributed by atoms with Crippen LogP contribution in [0, 0.1) is 6.92 Å². The Morgan fingerprint density at radius 3 is 2.85 bits per heavy atom. The summed E-state index contributed by atoms with van der Waals surface area (Å²) in [7, 11) is -3.72. The standard InChI is InChI=1S/C12H11BrClN3O2S/c1-8-5-15-3-2-9(8)6-17-20(18,19)11-4-10(13)7-16-12(11)14/h2-5,7,17H,6H2,1H3. The highest BCUT2D eigenvalue weighted by Gasteiger charge is 2.19. The Morgan fingerprint density at radius 2 is 2.15 bits per heavy atom. The molecule has 5 nitrogen and oxygen atoms in total. The van der Waals surface area contributed by atoms with Crippen LogP contribution in [0.1, 0.15) is 11.1 Å².